The number of nitrogens with one attached hydrogen (secondary N) is 1. The molecule has 0 radical (unpaired) electrons. The minimum Gasteiger partial charge on any atom is -0.497 e. The number of nitrogen functional groups attached to an aromatic ring is 1. The molecule has 4 heteroatoms. The van der Waals surface area contributed by atoms with E-state index in [1.807, 2.05) is 30.3 Å². The zero-order chi connectivity index (χ0) is 15.5. The van der Waals surface area contributed by atoms with Crippen LogP contribution < -0.4 is 15.8 Å². The van der Waals surface area contributed by atoms with E-state index in [0.29, 0.717) is 16.9 Å². The maximum absolute atomic E-state index is 12.4. The van der Waals surface area contributed by atoms with Gasteiger partial charge in [-0.1, -0.05) is 24.3 Å². The first-order chi connectivity index (χ1) is 10.7. The van der Waals surface area contributed by atoms with E-state index in [1.54, 1.807) is 37.4 Å². The molecule has 0 aliphatic rings. The molecule has 3 N–H and O–H groups in total. The molecular weight excluding hydrogens is 276 g/mol. The van der Waals surface area contributed by atoms with Crippen molar-refractivity contribution < 1.29 is 9.53 Å². The molecule has 0 atom stereocenters. The van der Waals surface area contributed by atoms with Crippen LogP contribution in [-0.4, -0.2) is 13.0 Å². The monoisotopic (exact) mass is 292 g/mol. The normalized spacial score (nSPS) is 10.4. The number of nitrogens with two attached hydrogens (primary N) is 1. The highest BCUT2D eigenvalue weighted by atomic mass is 16.5. The van der Waals surface area contributed by atoms with Crippen LogP contribution in [0, 0.1) is 0 Å². The lowest BCUT2D eigenvalue weighted by molar-refractivity contribution is 0.102. The minimum atomic E-state index is -0.192. The maximum atomic E-state index is 12.4. The molecule has 3 aromatic carbocycles. The van der Waals surface area contributed by atoms with Crippen molar-refractivity contribution in [2.45, 2.75) is 0 Å². The van der Waals surface area contributed by atoms with E-state index >= 15 is 0 Å². The smallest absolute Gasteiger partial charge is 0.255 e. The van der Waals surface area contributed by atoms with Gasteiger partial charge in [0, 0.05) is 22.3 Å². The summed E-state index contributed by atoms with van der Waals surface area (Å²) in [6.07, 6.45) is 0. The number of hydrogen-bond acceptors (Lipinski definition) is 3. The summed E-state index contributed by atoms with van der Waals surface area (Å²) in [7, 11) is 1.60. The molecule has 0 saturated heterocycles. The van der Waals surface area contributed by atoms with Crippen LogP contribution in [0.3, 0.4) is 0 Å². The van der Waals surface area contributed by atoms with Crippen LogP contribution in [0.5, 0.6) is 5.75 Å². The highest BCUT2D eigenvalue weighted by Gasteiger charge is 2.09. The van der Waals surface area contributed by atoms with Crippen molar-refractivity contribution in [1.29, 1.82) is 0 Å². The van der Waals surface area contributed by atoms with Crippen LogP contribution in [0.4, 0.5) is 11.4 Å². The fourth-order valence-corrected chi connectivity index (χ4v) is 2.35. The predicted octanol–water partition coefficient (Wildman–Crippen LogP) is 3.68. The lowest BCUT2D eigenvalue weighted by Gasteiger charge is -2.09. The molecule has 0 spiro atoms. The number of carbonyl (C=O) groups excluding carboxylic acids is 1. The van der Waals surface area contributed by atoms with Crippen LogP contribution in [0.25, 0.3) is 10.8 Å². The van der Waals surface area contributed by atoms with Crippen molar-refractivity contribution in [3.8, 4) is 5.75 Å². The van der Waals surface area contributed by atoms with Crippen molar-refractivity contribution in [3.63, 3.8) is 0 Å². The first kappa shape index (κ1) is 13.9. The van der Waals surface area contributed by atoms with Crippen molar-refractivity contribution in [2.75, 3.05) is 18.2 Å². The van der Waals surface area contributed by atoms with E-state index < -0.39 is 0 Å². The third-order valence-corrected chi connectivity index (χ3v) is 3.50. The summed E-state index contributed by atoms with van der Waals surface area (Å²) < 4.78 is 5.09. The van der Waals surface area contributed by atoms with Gasteiger partial charge in [0.15, 0.2) is 0 Å². The Morgan fingerprint density at radius 3 is 2.50 bits per heavy atom. The summed E-state index contributed by atoms with van der Waals surface area (Å²) in [5.74, 6) is 0.551. The Hall–Kier alpha value is -3.01. The second-order valence-electron chi connectivity index (χ2n) is 4.97. The highest BCUT2D eigenvalue weighted by Crippen LogP contribution is 2.24. The average Bonchev–Trinajstić information content (AvgIpc) is 2.55. The summed E-state index contributed by atoms with van der Waals surface area (Å²) in [5.41, 5.74) is 7.87. The standard InChI is InChI=1S/C18H16N2O2/c1-22-15-8-6-14(7-9-15)20-18(21)13-10-12-4-2-3-5-16(12)17(19)11-13/h2-11H,19H2,1H3,(H,20,21). The van der Waals surface area contributed by atoms with E-state index in [2.05, 4.69) is 5.32 Å². The molecule has 0 heterocycles. The molecule has 0 unspecified atom stereocenters. The predicted molar refractivity (Wildman–Crippen MR) is 89.3 cm³/mol. The third kappa shape index (κ3) is 2.72. The van der Waals surface area contributed by atoms with Gasteiger partial charge in [0.1, 0.15) is 5.75 Å². The Morgan fingerprint density at radius 1 is 1.05 bits per heavy atom. The molecule has 1 amide bonds. The second-order valence-corrected chi connectivity index (χ2v) is 4.97. The van der Waals surface area contributed by atoms with Crippen molar-refractivity contribution >= 4 is 28.1 Å². The molecule has 0 fully saturated rings. The number of methoxy groups -OCH3 is 1. The van der Waals surface area contributed by atoms with Gasteiger partial charge >= 0.3 is 0 Å². The number of benzene rings is 3. The van der Waals surface area contributed by atoms with Gasteiger partial charge in [-0.2, -0.15) is 0 Å². The maximum Gasteiger partial charge on any atom is 0.255 e. The minimum absolute atomic E-state index is 0.192. The van der Waals surface area contributed by atoms with E-state index in [1.165, 1.54) is 0 Å². The molecular formula is C18H16N2O2. The molecule has 22 heavy (non-hydrogen) atoms. The zero-order valence-electron chi connectivity index (χ0n) is 12.2. The molecule has 0 aliphatic heterocycles. The largest absolute Gasteiger partial charge is 0.497 e. The quantitative estimate of drug-likeness (QED) is 0.724. The van der Waals surface area contributed by atoms with Crippen molar-refractivity contribution in [1.82, 2.24) is 0 Å². The number of carbonyl (C=O) groups is 1. The van der Waals surface area contributed by atoms with Crippen molar-refractivity contribution in [3.05, 3.63) is 66.2 Å². The number of hydrogen-bond donors (Lipinski definition) is 2. The van der Waals surface area contributed by atoms with Gasteiger partial charge in [0.25, 0.3) is 5.91 Å². The van der Waals surface area contributed by atoms with E-state index in [9.17, 15) is 4.79 Å². The summed E-state index contributed by atoms with van der Waals surface area (Å²) >= 11 is 0. The summed E-state index contributed by atoms with van der Waals surface area (Å²) in [6, 6.07) is 18.4. The fraction of sp³-hybridized carbons (Fsp3) is 0.0556. The topological polar surface area (TPSA) is 64.3 Å². The molecule has 0 aromatic heterocycles. The Morgan fingerprint density at radius 2 is 1.77 bits per heavy atom. The number of fused-ring (bicyclic) bond motifs is 1. The van der Waals surface area contributed by atoms with Crippen molar-refractivity contribution in [2.24, 2.45) is 0 Å². The van der Waals surface area contributed by atoms with E-state index in [-0.39, 0.29) is 5.91 Å². The zero-order valence-corrected chi connectivity index (χ0v) is 12.2. The number of rotatable bonds is 3. The number of ether oxygens (including phenoxy) is 1. The summed E-state index contributed by atoms with van der Waals surface area (Å²) in [6.45, 7) is 0. The lowest BCUT2D eigenvalue weighted by Crippen LogP contribution is -2.12. The van der Waals surface area contributed by atoms with E-state index in [4.69, 9.17) is 10.5 Å². The Labute approximate surface area is 128 Å². The lowest BCUT2D eigenvalue weighted by atomic mass is 10.0. The number of amides is 1. The molecule has 0 aliphatic carbocycles. The first-order valence-electron chi connectivity index (χ1n) is 6.91. The van der Waals surface area contributed by atoms with Gasteiger partial charge < -0.3 is 15.8 Å². The van der Waals surface area contributed by atoms with Gasteiger partial charge in [-0.15, -0.1) is 0 Å². The second kappa shape index (κ2) is 5.77. The van der Waals surface area contributed by atoms with Crippen LogP contribution in [0.1, 0.15) is 10.4 Å². The highest BCUT2D eigenvalue weighted by molar-refractivity contribution is 6.08. The van der Waals surface area contributed by atoms with Crippen LogP contribution in [-0.2, 0) is 0 Å². The molecule has 0 bridgehead atoms. The summed E-state index contributed by atoms with van der Waals surface area (Å²) in [4.78, 5) is 12.4. The third-order valence-electron chi connectivity index (χ3n) is 3.50. The van der Waals surface area contributed by atoms with Crippen LogP contribution >= 0.6 is 0 Å². The van der Waals surface area contributed by atoms with Crippen LogP contribution in [0.15, 0.2) is 60.7 Å². The molecule has 4 nitrogen and oxygen atoms in total. The Balaban J connectivity index is 1.88. The van der Waals surface area contributed by atoms with Gasteiger partial charge in [-0.05, 0) is 41.8 Å². The molecule has 110 valence electrons. The Kier molecular flexibility index (Phi) is 3.66. The van der Waals surface area contributed by atoms with Gasteiger partial charge in [0.2, 0.25) is 0 Å². The van der Waals surface area contributed by atoms with Gasteiger partial charge in [0.05, 0.1) is 7.11 Å². The average molecular weight is 292 g/mol. The van der Waals surface area contributed by atoms with Gasteiger partial charge in [-0.25, -0.2) is 0 Å². The SMILES string of the molecule is COc1ccc(NC(=O)c2cc(N)c3ccccc3c2)cc1. The fourth-order valence-electron chi connectivity index (χ4n) is 2.35. The van der Waals surface area contributed by atoms with Crippen LogP contribution in [0.2, 0.25) is 0 Å². The number of anilines is 2. The van der Waals surface area contributed by atoms with Gasteiger partial charge in [-0.3, -0.25) is 4.79 Å². The summed E-state index contributed by atoms with van der Waals surface area (Å²) in [5, 5.41) is 4.75. The first-order valence-corrected chi connectivity index (χ1v) is 6.91. The Bertz CT molecular complexity index is 826. The molecule has 0 saturated carbocycles. The molecule has 3 aromatic rings. The molecule has 3 rings (SSSR count). The van der Waals surface area contributed by atoms with E-state index in [0.717, 1.165) is 16.5 Å².